The maximum Gasteiger partial charge on any atom is 0.421 e. The molecule has 0 saturated heterocycles. The normalized spacial score (nSPS) is 11.5. The molecule has 0 atom stereocenters. The van der Waals surface area contributed by atoms with Crippen LogP contribution in [0.15, 0.2) is 54.7 Å². The van der Waals surface area contributed by atoms with Crippen molar-refractivity contribution in [3.05, 3.63) is 65.9 Å². The van der Waals surface area contributed by atoms with E-state index >= 15 is 0 Å². The Bertz CT molecular complexity index is 1460. The molecule has 0 radical (unpaired) electrons. The molecule has 1 heterocycles. The lowest BCUT2D eigenvalue weighted by molar-refractivity contribution is -0.137. The molecule has 3 aromatic rings. The van der Waals surface area contributed by atoms with Gasteiger partial charge in [0, 0.05) is 44.0 Å². The zero-order valence-corrected chi connectivity index (χ0v) is 22.2. The van der Waals surface area contributed by atoms with Crippen LogP contribution in [0.4, 0.5) is 42.0 Å². The first-order chi connectivity index (χ1) is 18.2. The second-order valence-corrected chi connectivity index (χ2v) is 10.7. The fourth-order valence-corrected chi connectivity index (χ4v) is 3.84. The lowest BCUT2D eigenvalue weighted by Gasteiger charge is -2.18. The number of rotatable bonds is 11. The average Bonchev–Trinajstić information content (AvgIpc) is 2.85. The number of amides is 1. The van der Waals surface area contributed by atoms with Gasteiger partial charge in [0.2, 0.25) is 21.9 Å². The number of benzene rings is 2. The molecule has 208 valence electrons. The SMILES string of the molecule is CC(=O)CCC(=O)Nc1cccc(Nc2ncc(C(F)(F)F)c(NCc3cccc(N(C)S(C)(=O)=O)c3)n2)c1. The molecular formula is C25H27F3N6O4S. The number of anilines is 5. The van der Waals surface area contributed by atoms with Crippen molar-refractivity contribution in [2.75, 3.05) is 33.6 Å². The zero-order chi connectivity index (χ0) is 28.8. The summed E-state index contributed by atoms with van der Waals surface area (Å²) in [4.78, 5) is 30.9. The molecule has 0 fully saturated rings. The van der Waals surface area contributed by atoms with E-state index in [2.05, 4.69) is 25.9 Å². The fraction of sp³-hybridized carbons (Fsp3) is 0.280. The Hall–Kier alpha value is -4.20. The molecule has 10 nitrogen and oxygen atoms in total. The third-order valence-corrected chi connectivity index (χ3v) is 6.64. The third kappa shape index (κ3) is 8.67. The Morgan fingerprint density at radius 3 is 2.38 bits per heavy atom. The highest BCUT2D eigenvalue weighted by atomic mass is 32.2. The predicted molar refractivity (Wildman–Crippen MR) is 142 cm³/mol. The second-order valence-electron chi connectivity index (χ2n) is 8.66. The first-order valence-corrected chi connectivity index (χ1v) is 13.4. The van der Waals surface area contributed by atoms with Crippen molar-refractivity contribution in [1.29, 1.82) is 0 Å². The number of ketones is 1. The van der Waals surface area contributed by atoms with Crippen LogP contribution < -0.4 is 20.3 Å². The topological polar surface area (TPSA) is 133 Å². The fourth-order valence-electron chi connectivity index (χ4n) is 3.34. The van der Waals surface area contributed by atoms with Gasteiger partial charge in [-0.1, -0.05) is 18.2 Å². The van der Waals surface area contributed by atoms with Gasteiger partial charge in [-0.25, -0.2) is 13.4 Å². The van der Waals surface area contributed by atoms with Crippen LogP contribution in [0, 0.1) is 0 Å². The number of sulfonamides is 1. The first kappa shape index (κ1) is 29.4. The van der Waals surface area contributed by atoms with Crippen LogP contribution in [-0.4, -0.2) is 43.4 Å². The predicted octanol–water partition coefficient (Wildman–Crippen LogP) is 4.55. The summed E-state index contributed by atoms with van der Waals surface area (Å²) in [6.07, 6.45) is -2.90. The summed E-state index contributed by atoms with van der Waals surface area (Å²) in [7, 11) is -2.15. The lowest BCUT2D eigenvalue weighted by atomic mass is 10.2. The Morgan fingerprint density at radius 2 is 1.72 bits per heavy atom. The summed E-state index contributed by atoms with van der Waals surface area (Å²) in [5.41, 5.74) is 0.618. The van der Waals surface area contributed by atoms with E-state index in [1.165, 1.54) is 20.0 Å². The molecule has 3 rings (SSSR count). The van der Waals surface area contributed by atoms with Gasteiger partial charge in [-0.2, -0.15) is 18.2 Å². The molecule has 0 aliphatic heterocycles. The number of halogens is 3. The molecule has 1 aromatic heterocycles. The van der Waals surface area contributed by atoms with Crippen molar-refractivity contribution in [2.24, 2.45) is 0 Å². The summed E-state index contributed by atoms with van der Waals surface area (Å²) >= 11 is 0. The van der Waals surface area contributed by atoms with E-state index in [0.29, 0.717) is 28.8 Å². The van der Waals surface area contributed by atoms with E-state index in [1.54, 1.807) is 42.5 Å². The van der Waals surface area contributed by atoms with Crippen LogP contribution in [0.1, 0.15) is 30.9 Å². The Balaban J connectivity index is 1.79. The highest BCUT2D eigenvalue weighted by Crippen LogP contribution is 2.34. The zero-order valence-electron chi connectivity index (χ0n) is 21.3. The number of nitrogens with one attached hydrogen (secondary N) is 3. The Labute approximate surface area is 223 Å². The number of Topliss-reactive ketones (excluding diaryl/α,β-unsaturated/α-hetero) is 1. The van der Waals surface area contributed by atoms with Gasteiger partial charge in [-0.05, 0) is 42.8 Å². The van der Waals surface area contributed by atoms with Crippen molar-refractivity contribution in [3.8, 4) is 0 Å². The molecule has 1 amide bonds. The summed E-state index contributed by atoms with van der Waals surface area (Å²) in [5, 5.41) is 8.13. The number of hydrogen-bond acceptors (Lipinski definition) is 8. The number of nitrogens with zero attached hydrogens (tertiary/aromatic N) is 3. The smallest absolute Gasteiger partial charge is 0.365 e. The van der Waals surface area contributed by atoms with E-state index in [-0.39, 0.29) is 37.0 Å². The van der Waals surface area contributed by atoms with Crippen molar-refractivity contribution in [3.63, 3.8) is 0 Å². The molecule has 0 spiro atoms. The van der Waals surface area contributed by atoms with E-state index in [1.807, 2.05) is 0 Å². The second kappa shape index (κ2) is 12.1. The van der Waals surface area contributed by atoms with E-state index in [0.717, 1.165) is 10.6 Å². The number of hydrogen-bond donors (Lipinski definition) is 3. The van der Waals surface area contributed by atoms with Gasteiger partial charge in [0.15, 0.2) is 0 Å². The minimum absolute atomic E-state index is 0.0253. The van der Waals surface area contributed by atoms with Crippen LogP contribution in [0.2, 0.25) is 0 Å². The van der Waals surface area contributed by atoms with Crippen molar-refractivity contribution in [1.82, 2.24) is 9.97 Å². The van der Waals surface area contributed by atoms with E-state index in [4.69, 9.17) is 0 Å². The Morgan fingerprint density at radius 1 is 1.03 bits per heavy atom. The summed E-state index contributed by atoms with van der Waals surface area (Å²) < 4.78 is 65.6. The molecule has 2 aromatic carbocycles. The minimum Gasteiger partial charge on any atom is -0.365 e. The van der Waals surface area contributed by atoms with Crippen molar-refractivity contribution >= 4 is 50.5 Å². The van der Waals surface area contributed by atoms with Crippen LogP contribution in [0.3, 0.4) is 0 Å². The van der Waals surface area contributed by atoms with Gasteiger partial charge in [-0.3, -0.25) is 9.10 Å². The Kier molecular flexibility index (Phi) is 9.11. The highest BCUT2D eigenvalue weighted by Gasteiger charge is 2.35. The molecule has 0 unspecified atom stereocenters. The maximum atomic E-state index is 13.6. The third-order valence-electron chi connectivity index (χ3n) is 5.43. The number of carbonyl (C=O) groups is 2. The monoisotopic (exact) mass is 564 g/mol. The largest absolute Gasteiger partial charge is 0.421 e. The molecule has 0 bridgehead atoms. The molecular weight excluding hydrogens is 537 g/mol. The van der Waals surface area contributed by atoms with Crippen LogP contribution >= 0.6 is 0 Å². The molecule has 0 aliphatic rings. The summed E-state index contributed by atoms with van der Waals surface area (Å²) in [6.45, 7) is 1.31. The van der Waals surface area contributed by atoms with Crippen LogP contribution in [0.25, 0.3) is 0 Å². The lowest BCUT2D eigenvalue weighted by Crippen LogP contribution is -2.24. The van der Waals surface area contributed by atoms with Gasteiger partial charge in [-0.15, -0.1) is 0 Å². The summed E-state index contributed by atoms with van der Waals surface area (Å²) in [5.74, 6) is -1.07. The van der Waals surface area contributed by atoms with E-state index < -0.39 is 27.6 Å². The van der Waals surface area contributed by atoms with E-state index in [9.17, 15) is 31.2 Å². The number of carbonyl (C=O) groups excluding carboxylic acids is 2. The minimum atomic E-state index is -4.73. The molecule has 0 saturated carbocycles. The van der Waals surface area contributed by atoms with Crippen molar-refractivity contribution < 1.29 is 31.2 Å². The standard InChI is InChI=1S/C25H27F3N6O4S/c1-16(35)10-11-22(36)31-18-7-5-8-19(13-18)32-24-30-15-21(25(26,27)28)23(33-24)29-14-17-6-4-9-20(12-17)34(2)39(3,37)38/h4-9,12-13,15H,10-11,14H2,1-3H3,(H,31,36)(H2,29,30,32,33). The number of aromatic nitrogens is 2. The van der Waals surface area contributed by atoms with Gasteiger partial charge in [0.05, 0.1) is 11.9 Å². The first-order valence-electron chi connectivity index (χ1n) is 11.6. The maximum absolute atomic E-state index is 13.6. The molecule has 3 N–H and O–H groups in total. The molecule has 0 aliphatic carbocycles. The van der Waals surface area contributed by atoms with Crippen LogP contribution in [0.5, 0.6) is 0 Å². The quantitative estimate of drug-likeness (QED) is 0.309. The van der Waals surface area contributed by atoms with Crippen molar-refractivity contribution in [2.45, 2.75) is 32.5 Å². The summed E-state index contributed by atoms with van der Waals surface area (Å²) in [6, 6.07) is 12.7. The molecule has 14 heteroatoms. The van der Waals surface area contributed by atoms with Gasteiger partial charge in [0.25, 0.3) is 0 Å². The van der Waals surface area contributed by atoms with Gasteiger partial charge >= 0.3 is 6.18 Å². The van der Waals surface area contributed by atoms with Crippen LogP contribution in [-0.2, 0) is 32.3 Å². The van der Waals surface area contributed by atoms with Gasteiger partial charge < -0.3 is 20.7 Å². The highest BCUT2D eigenvalue weighted by molar-refractivity contribution is 7.92. The van der Waals surface area contributed by atoms with Gasteiger partial charge in [0.1, 0.15) is 17.2 Å². The number of alkyl halides is 3. The average molecular weight is 565 g/mol. The molecule has 39 heavy (non-hydrogen) atoms.